The Balaban J connectivity index is 1.46. The molecule has 14 heteroatoms. The van der Waals surface area contributed by atoms with E-state index >= 15 is 0 Å². The first kappa shape index (κ1) is 31.8. The lowest BCUT2D eigenvalue weighted by Crippen LogP contribution is -2.38. The van der Waals surface area contributed by atoms with Gasteiger partial charge in [0.1, 0.15) is 10.7 Å². The normalized spacial score (nSPS) is 13.9. The average molecular weight is 606 g/mol. The Bertz CT molecular complexity index is 1770. The molecule has 0 aliphatic rings. The first-order valence-corrected chi connectivity index (χ1v) is 13.9. The maximum Gasteiger partial charge on any atom is 0.331 e. The number of carbonyl (C=O) groups excluding carboxylic acids is 1. The van der Waals surface area contributed by atoms with E-state index in [4.69, 9.17) is 9.47 Å². The predicted molar refractivity (Wildman–Crippen MR) is 158 cm³/mol. The summed E-state index contributed by atoms with van der Waals surface area (Å²) < 4.78 is 12.1. The Morgan fingerprint density at radius 3 is 2.59 bits per heavy atom. The Hall–Kier alpha value is -5.11. The molecular formula is C30H35N7O7. The number of aryl methyl sites for hydroxylation is 1. The van der Waals surface area contributed by atoms with Crippen LogP contribution in [0, 0.1) is 0 Å². The van der Waals surface area contributed by atoms with Crippen molar-refractivity contribution in [2.45, 2.75) is 64.5 Å². The van der Waals surface area contributed by atoms with Crippen molar-refractivity contribution < 1.29 is 29.3 Å². The van der Waals surface area contributed by atoms with Crippen molar-refractivity contribution in [1.82, 2.24) is 34.9 Å². The van der Waals surface area contributed by atoms with Gasteiger partial charge >= 0.3 is 11.9 Å². The molecule has 0 bridgehead atoms. The number of carbonyl (C=O) groups is 2. The molecule has 0 aliphatic heterocycles. The molecule has 4 N–H and O–H groups in total. The predicted octanol–water partition coefficient (Wildman–Crippen LogP) is 0.949. The highest BCUT2D eigenvalue weighted by molar-refractivity contribution is 5.72. The van der Waals surface area contributed by atoms with Gasteiger partial charge in [-0.15, -0.1) is 5.10 Å². The van der Waals surface area contributed by atoms with Crippen molar-refractivity contribution in [3.63, 3.8) is 0 Å². The highest BCUT2D eigenvalue weighted by atomic mass is 16.7. The second-order valence-corrected chi connectivity index (χ2v) is 11.1. The van der Waals surface area contributed by atoms with Crippen LogP contribution in [0.15, 0.2) is 47.7 Å². The number of aromatic nitrogens is 7. The summed E-state index contributed by atoms with van der Waals surface area (Å²) in [4.78, 5) is 51.5. The number of carboxylic acid groups (broad SMARTS) is 1. The summed E-state index contributed by atoms with van der Waals surface area (Å²) in [5, 5.41) is 27.1. The number of nitrogens with zero attached hydrogens (tertiary/aromatic N) is 5. The molecule has 0 saturated heterocycles. The summed E-state index contributed by atoms with van der Waals surface area (Å²) in [6.45, 7) is 6.97. The molecule has 0 spiro atoms. The lowest BCUT2D eigenvalue weighted by molar-refractivity contribution is -0.150. The summed E-state index contributed by atoms with van der Waals surface area (Å²) in [5.41, 5.74) is 1.99. The third kappa shape index (κ3) is 8.25. The Kier molecular flexibility index (Phi) is 10.1. The zero-order chi connectivity index (χ0) is 31.9. The van der Waals surface area contributed by atoms with Crippen LogP contribution in [0.3, 0.4) is 0 Å². The first-order chi connectivity index (χ1) is 20.9. The third-order valence-electron chi connectivity index (χ3n) is 6.52. The molecule has 0 aliphatic carbocycles. The number of hydrogen-bond acceptors (Lipinski definition) is 10. The van der Waals surface area contributed by atoms with Crippen LogP contribution < -0.4 is 21.0 Å². The van der Waals surface area contributed by atoms with Gasteiger partial charge in [0.2, 0.25) is 12.7 Å². The minimum Gasteiger partial charge on any atom is -0.480 e. The molecule has 2 atom stereocenters. The number of ether oxygens (including phenoxy) is 2. The molecule has 232 valence electrons. The van der Waals surface area contributed by atoms with Crippen molar-refractivity contribution in [3.05, 3.63) is 86.6 Å². The molecule has 1 aromatic carbocycles. The van der Waals surface area contributed by atoms with Crippen LogP contribution in [-0.4, -0.2) is 70.0 Å². The van der Waals surface area contributed by atoms with Crippen molar-refractivity contribution in [3.8, 4) is 5.88 Å². The van der Waals surface area contributed by atoms with Gasteiger partial charge < -0.3 is 29.7 Å². The molecule has 44 heavy (non-hydrogen) atoms. The number of H-pyrrole nitrogens is 2. The summed E-state index contributed by atoms with van der Waals surface area (Å²) in [6, 6.07) is 7.95. The van der Waals surface area contributed by atoms with Gasteiger partial charge in [0, 0.05) is 23.7 Å². The van der Waals surface area contributed by atoms with Crippen LogP contribution >= 0.6 is 0 Å². The number of aliphatic carboxylic acids is 1. The fraction of sp³-hybridized carbons (Fsp3) is 0.367. The third-order valence-corrected chi connectivity index (χ3v) is 6.52. The van der Waals surface area contributed by atoms with Gasteiger partial charge in [-0.25, -0.2) is 19.4 Å². The largest absolute Gasteiger partial charge is 0.480 e. The molecule has 4 aromatic rings. The van der Waals surface area contributed by atoms with Crippen LogP contribution in [0.5, 0.6) is 5.88 Å². The van der Waals surface area contributed by atoms with E-state index < -0.39 is 36.4 Å². The van der Waals surface area contributed by atoms with Gasteiger partial charge in [-0.05, 0) is 37.5 Å². The number of aliphatic hydroxyl groups excluding tert-OH is 1. The smallest absolute Gasteiger partial charge is 0.331 e. The van der Waals surface area contributed by atoms with Crippen LogP contribution in [0.25, 0.3) is 12.2 Å². The molecule has 3 heterocycles. The van der Waals surface area contributed by atoms with E-state index in [0.717, 1.165) is 15.9 Å². The number of hydrogen-bond donors (Lipinski definition) is 4. The first-order valence-electron chi connectivity index (χ1n) is 13.9. The van der Waals surface area contributed by atoms with Crippen molar-refractivity contribution in [2.24, 2.45) is 0 Å². The second-order valence-electron chi connectivity index (χ2n) is 11.1. The van der Waals surface area contributed by atoms with Gasteiger partial charge in [-0.3, -0.25) is 9.59 Å². The molecule has 0 amide bonds. The van der Waals surface area contributed by atoms with E-state index in [9.17, 15) is 24.6 Å². The lowest BCUT2D eigenvalue weighted by atomic mass is 9.90. The standard InChI is InChI=1S/C30H35N7O7/c1-18(38)25(29(41)42)37-15-20(35-36-37)11-8-12-24(39)43-17-44-28-23(14-21-26(30(2,3)4)32-16-31-21)33-27(40)22(34-28)13-19-9-6-5-7-10-19/h5-7,9-10,13-16,18,25,38H,8,11-12,17H2,1-4H3,(H,31,32)(H,33,40)(H,41,42)/b22-13-,23-14-. The fourth-order valence-electron chi connectivity index (χ4n) is 4.37. The number of aromatic amines is 2. The molecule has 2 unspecified atom stereocenters. The van der Waals surface area contributed by atoms with Crippen LogP contribution in [0.4, 0.5) is 0 Å². The van der Waals surface area contributed by atoms with Crippen LogP contribution in [-0.2, 0) is 26.2 Å². The molecular weight excluding hydrogens is 570 g/mol. The molecule has 14 nitrogen and oxygen atoms in total. The topological polar surface area (TPSA) is 198 Å². The molecule has 4 rings (SSSR count). The van der Waals surface area contributed by atoms with Gasteiger partial charge in [-0.2, -0.15) is 0 Å². The molecule has 0 saturated carbocycles. The van der Waals surface area contributed by atoms with E-state index in [1.165, 1.54) is 13.1 Å². The monoisotopic (exact) mass is 605 g/mol. The highest BCUT2D eigenvalue weighted by Gasteiger charge is 2.26. The average Bonchev–Trinajstić information content (AvgIpc) is 3.61. The van der Waals surface area contributed by atoms with Crippen LogP contribution in [0.2, 0.25) is 0 Å². The van der Waals surface area contributed by atoms with Gasteiger partial charge in [0.25, 0.3) is 5.56 Å². The number of esters is 1. The number of aliphatic hydroxyl groups is 1. The maximum atomic E-state index is 12.9. The van der Waals surface area contributed by atoms with Crippen molar-refractivity contribution in [1.29, 1.82) is 0 Å². The van der Waals surface area contributed by atoms with E-state index in [1.807, 2.05) is 51.1 Å². The molecule has 0 radical (unpaired) electrons. The minimum absolute atomic E-state index is 0.0300. The van der Waals surface area contributed by atoms with Crippen LogP contribution in [0.1, 0.15) is 69.2 Å². The molecule has 0 fully saturated rings. The molecule has 3 aromatic heterocycles. The maximum absolute atomic E-state index is 12.9. The quantitative estimate of drug-likeness (QED) is 0.132. The second kappa shape index (κ2) is 13.9. The van der Waals surface area contributed by atoms with E-state index in [-0.39, 0.29) is 28.4 Å². The summed E-state index contributed by atoms with van der Waals surface area (Å²) in [5.74, 6) is -1.73. The van der Waals surface area contributed by atoms with Gasteiger partial charge in [-0.1, -0.05) is 56.3 Å². The van der Waals surface area contributed by atoms with Gasteiger partial charge in [0.15, 0.2) is 6.04 Å². The number of rotatable bonds is 12. The Labute approximate surface area is 252 Å². The zero-order valence-electron chi connectivity index (χ0n) is 24.9. The van der Waals surface area contributed by atoms with Crippen molar-refractivity contribution in [2.75, 3.05) is 6.79 Å². The fourth-order valence-corrected chi connectivity index (χ4v) is 4.37. The Morgan fingerprint density at radius 1 is 1.16 bits per heavy atom. The van der Waals surface area contributed by atoms with E-state index in [1.54, 1.807) is 18.5 Å². The summed E-state index contributed by atoms with van der Waals surface area (Å²) in [6.07, 6.45) is 5.80. The lowest BCUT2D eigenvalue weighted by Gasteiger charge is -2.17. The SMILES string of the molecule is CC(O)C(C(=O)O)n1cc(CCCC(=O)OCOc2n/c(=C\c3ccccc3)c(=O)[nH]/c2=C\c2nc[nH]c2C(C)(C)C)nn1. The van der Waals surface area contributed by atoms with Crippen molar-refractivity contribution >= 4 is 24.1 Å². The summed E-state index contributed by atoms with van der Waals surface area (Å²) in [7, 11) is 0. The van der Waals surface area contributed by atoms with E-state index in [2.05, 4.69) is 30.2 Å². The zero-order valence-corrected chi connectivity index (χ0v) is 24.9. The summed E-state index contributed by atoms with van der Waals surface area (Å²) >= 11 is 0. The minimum atomic E-state index is -1.26. The highest BCUT2D eigenvalue weighted by Crippen LogP contribution is 2.23. The number of carboxylic acids is 1. The van der Waals surface area contributed by atoms with Gasteiger partial charge in [0.05, 0.1) is 23.8 Å². The number of imidazole rings is 1. The number of nitrogens with one attached hydrogen (secondary N) is 2. The Morgan fingerprint density at radius 2 is 1.91 bits per heavy atom. The number of benzene rings is 1. The van der Waals surface area contributed by atoms with E-state index in [0.29, 0.717) is 24.2 Å².